The molecule has 0 fully saturated rings. The summed E-state index contributed by atoms with van der Waals surface area (Å²) in [5.74, 6) is -0.643. The monoisotopic (exact) mass is 498 g/mol. The molecule has 0 saturated carbocycles. The Morgan fingerprint density at radius 1 is 0.750 bits per heavy atom. The van der Waals surface area contributed by atoms with Crippen LogP contribution in [0.3, 0.4) is 0 Å². The number of unbranched alkanes of at least 4 members (excludes halogenated alkanes) is 13. The summed E-state index contributed by atoms with van der Waals surface area (Å²) in [6.07, 6.45) is 26.0. The fraction of sp³-hybridized carbons (Fsp3) is 0.656. The molecule has 0 radical (unpaired) electrons. The van der Waals surface area contributed by atoms with E-state index in [2.05, 4.69) is 13.8 Å². The first kappa shape index (κ1) is 30.2. The number of carbonyl (C=O) groups is 1. The number of carboxylic acids is 1. The molecule has 0 aliphatic heterocycles. The lowest BCUT2D eigenvalue weighted by atomic mass is 9.85. The molecule has 0 unspecified atom stereocenters. The molecular weight excluding hydrogens is 448 g/mol. The third-order valence-corrected chi connectivity index (χ3v) is 7.04. The van der Waals surface area contributed by atoms with Crippen molar-refractivity contribution in [2.75, 3.05) is 13.2 Å². The topological polar surface area (TPSA) is 55.8 Å². The van der Waals surface area contributed by atoms with Gasteiger partial charge in [0.25, 0.3) is 0 Å². The van der Waals surface area contributed by atoms with Gasteiger partial charge in [-0.25, -0.2) is 0 Å². The number of rotatable bonds is 21. The summed E-state index contributed by atoms with van der Waals surface area (Å²) >= 11 is 0. The Hall–Kier alpha value is -2.07. The highest BCUT2D eigenvalue weighted by Crippen LogP contribution is 2.39. The van der Waals surface area contributed by atoms with Crippen molar-refractivity contribution in [3.63, 3.8) is 0 Å². The highest BCUT2D eigenvalue weighted by Gasteiger charge is 2.34. The lowest BCUT2D eigenvalue weighted by Gasteiger charge is -2.32. The Morgan fingerprint density at radius 2 is 1.25 bits per heavy atom. The van der Waals surface area contributed by atoms with Crippen LogP contribution in [0.1, 0.15) is 116 Å². The zero-order valence-electron chi connectivity index (χ0n) is 22.9. The van der Waals surface area contributed by atoms with E-state index in [0.717, 1.165) is 30.6 Å². The Kier molecular flexibility index (Phi) is 15.3. The molecule has 1 aliphatic rings. The molecule has 36 heavy (non-hydrogen) atoms. The highest BCUT2D eigenvalue weighted by atomic mass is 16.5. The van der Waals surface area contributed by atoms with E-state index in [1.54, 1.807) is 12.2 Å². The van der Waals surface area contributed by atoms with E-state index in [9.17, 15) is 9.90 Å². The minimum absolute atomic E-state index is 0.620. The van der Waals surface area contributed by atoms with Gasteiger partial charge in [0, 0.05) is 12.2 Å². The highest BCUT2D eigenvalue weighted by molar-refractivity contribution is 5.75. The summed E-state index contributed by atoms with van der Waals surface area (Å²) in [6.45, 7) is 5.81. The van der Waals surface area contributed by atoms with Gasteiger partial charge in [0.2, 0.25) is 0 Å². The van der Waals surface area contributed by atoms with Crippen molar-refractivity contribution in [2.45, 2.75) is 116 Å². The summed E-state index contributed by atoms with van der Waals surface area (Å²) in [4.78, 5) is 11.5. The van der Waals surface area contributed by atoms with Gasteiger partial charge < -0.3 is 14.6 Å². The maximum Gasteiger partial charge on any atom is 0.314 e. The molecule has 0 atom stereocenters. The number of hydrogen-bond donors (Lipinski definition) is 1. The second-order valence-electron chi connectivity index (χ2n) is 10.2. The van der Waals surface area contributed by atoms with Crippen molar-refractivity contribution in [3.8, 4) is 5.75 Å². The summed E-state index contributed by atoms with van der Waals surface area (Å²) in [6, 6.07) is 8.04. The molecule has 202 valence electrons. The van der Waals surface area contributed by atoms with Crippen LogP contribution in [0.2, 0.25) is 0 Å². The SMILES string of the molecule is CCCCCCCCCCOC1(c2ccccc2OCCCCCCCCC)C=CC(C(=O)O)C=C1. The molecule has 4 heteroatoms. The zero-order valence-corrected chi connectivity index (χ0v) is 22.9. The van der Waals surface area contributed by atoms with Gasteiger partial charge in [-0.05, 0) is 31.1 Å². The summed E-state index contributed by atoms with van der Waals surface area (Å²) in [7, 11) is 0. The van der Waals surface area contributed by atoms with Crippen LogP contribution in [0.5, 0.6) is 5.75 Å². The van der Waals surface area contributed by atoms with Gasteiger partial charge in [0.05, 0.1) is 12.5 Å². The van der Waals surface area contributed by atoms with Gasteiger partial charge in [-0.1, -0.05) is 128 Å². The maximum atomic E-state index is 11.5. The normalized spacial score (nSPS) is 19.0. The minimum Gasteiger partial charge on any atom is -0.493 e. The van der Waals surface area contributed by atoms with Crippen molar-refractivity contribution >= 4 is 5.97 Å². The average molecular weight is 499 g/mol. The zero-order chi connectivity index (χ0) is 25.9. The van der Waals surface area contributed by atoms with E-state index < -0.39 is 17.5 Å². The maximum absolute atomic E-state index is 11.5. The van der Waals surface area contributed by atoms with E-state index in [-0.39, 0.29) is 0 Å². The summed E-state index contributed by atoms with van der Waals surface area (Å²) in [5, 5.41) is 9.45. The molecule has 1 aromatic rings. The fourth-order valence-corrected chi connectivity index (χ4v) is 4.76. The summed E-state index contributed by atoms with van der Waals surface area (Å²) < 4.78 is 12.8. The van der Waals surface area contributed by atoms with Crippen molar-refractivity contribution in [1.29, 1.82) is 0 Å². The summed E-state index contributed by atoms with van der Waals surface area (Å²) in [5.41, 5.74) is 0.160. The van der Waals surface area contributed by atoms with Crippen LogP contribution in [0.15, 0.2) is 48.6 Å². The fourth-order valence-electron chi connectivity index (χ4n) is 4.76. The Labute approximate surface area is 220 Å². The number of benzene rings is 1. The molecule has 4 nitrogen and oxygen atoms in total. The molecule has 1 aromatic carbocycles. The van der Waals surface area contributed by atoms with E-state index in [0.29, 0.717) is 13.2 Å². The standard InChI is InChI=1S/C32H50O4/c1-3-5-7-9-11-13-15-19-27-36-32(24-22-28(23-25-32)31(33)34)29-20-16-17-21-30(29)35-26-18-14-12-10-8-6-4-2/h16-17,20-25,28H,3-15,18-19,26-27H2,1-2H3,(H,33,34). The number of para-hydroxylation sites is 1. The Bertz CT molecular complexity index is 768. The van der Waals surface area contributed by atoms with Crippen molar-refractivity contribution in [1.82, 2.24) is 0 Å². The lowest BCUT2D eigenvalue weighted by molar-refractivity contribution is -0.138. The van der Waals surface area contributed by atoms with Crippen molar-refractivity contribution < 1.29 is 19.4 Å². The second kappa shape index (κ2) is 18.2. The molecule has 1 aliphatic carbocycles. The third kappa shape index (κ3) is 10.9. The van der Waals surface area contributed by atoms with Crippen LogP contribution >= 0.6 is 0 Å². The van der Waals surface area contributed by atoms with Crippen molar-refractivity contribution in [2.24, 2.45) is 5.92 Å². The van der Waals surface area contributed by atoms with Gasteiger partial charge >= 0.3 is 5.97 Å². The third-order valence-electron chi connectivity index (χ3n) is 7.04. The Morgan fingerprint density at radius 3 is 1.81 bits per heavy atom. The Balaban J connectivity index is 1.94. The van der Waals surface area contributed by atoms with Gasteiger partial charge in [-0.15, -0.1) is 0 Å². The van der Waals surface area contributed by atoms with Gasteiger partial charge in [0.15, 0.2) is 0 Å². The van der Waals surface area contributed by atoms with E-state index >= 15 is 0 Å². The predicted molar refractivity (Wildman–Crippen MR) is 150 cm³/mol. The van der Waals surface area contributed by atoms with Crippen LogP contribution in [-0.4, -0.2) is 24.3 Å². The molecule has 0 spiro atoms. The largest absolute Gasteiger partial charge is 0.493 e. The van der Waals surface area contributed by atoms with Crippen LogP contribution in [0.4, 0.5) is 0 Å². The number of ether oxygens (including phenoxy) is 2. The van der Waals surface area contributed by atoms with Gasteiger partial charge in [0.1, 0.15) is 11.4 Å². The minimum atomic E-state index is -0.845. The van der Waals surface area contributed by atoms with Crippen LogP contribution in [-0.2, 0) is 15.1 Å². The number of aliphatic carboxylic acids is 1. The first-order chi connectivity index (χ1) is 17.6. The molecule has 0 aromatic heterocycles. The number of hydrogen-bond acceptors (Lipinski definition) is 3. The molecule has 0 saturated heterocycles. The molecule has 0 amide bonds. The molecule has 0 bridgehead atoms. The first-order valence-corrected chi connectivity index (χ1v) is 14.6. The molecule has 1 N–H and O–H groups in total. The van der Waals surface area contributed by atoms with E-state index in [1.807, 2.05) is 36.4 Å². The van der Waals surface area contributed by atoms with E-state index in [4.69, 9.17) is 9.47 Å². The second-order valence-corrected chi connectivity index (χ2v) is 10.2. The van der Waals surface area contributed by atoms with Crippen molar-refractivity contribution in [3.05, 3.63) is 54.1 Å². The first-order valence-electron chi connectivity index (χ1n) is 14.6. The van der Waals surface area contributed by atoms with Crippen LogP contribution in [0.25, 0.3) is 0 Å². The average Bonchev–Trinajstić information content (AvgIpc) is 2.89. The predicted octanol–water partition coefficient (Wildman–Crippen LogP) is 9.00. The van der Waals surface area contributed by atoms with Gasteiger partial charge in [-0.3, -0.25) is 4.79 Å². The lowest BCUT2D eigenvalue weighted by Crippen LogP contribution is -2.30. The quantitative estimate of drug-likeness (QED) is 0.136. The molecule has 2 rings (SSSR count). The van der Waals surface area contributed by atoms with Crippen LogP contribution in [0, 0.1) is 5.92 Å². The molecular formula is C32H50O4. The van der Waals surface area contributed by atoms with Gasteiger partial charge in [-0.2, -0.15) is 0 Å². The molecule has 0 heterocycles. The number of carboxylic acid groups (broad SMARTS) is 1. The van der Waals surface area contributed by atoms with Crippen LogP contribution < -0.4 is 4.74 Å². The smallest absolute Gasteiger partial charge is 0.314 e. The van der Waals surface area contributed by atoms with E-state index in [1.165, 1.54) is 77.0 Å².